The highest BCUT2D eigenvalue weighted by atomic mass is 32.2. The van der Waals surface area contributed by atoms with E-state index in [1.54, 1.807) is 72.9 Å². The highest BCUT2D eigenvalue weighted by Crippen LogP contribution is 2.37. The molecule has 5 aromatic carbocycles. The Morgan fingerprint density at radius 2 is 1.29 bits per heavy atom. The lowest BCUT2D eigenvalue weighted by Crippen LogP contribution is -2.30. The molecule has 242 valence electrons. The number of carbonyl (C=O) groups excluding carboxylic acids is 4. The maximum Gasteiger partial charge on any atom is 0.272 e. The Labute approximate surface area is 287 Å². The molecule has 0 bridgehead atoms. The van der Waals surface area contributed by atoms with Crippen molar-refractivity contribution in [3.63, 3.8) is 0 Å². The molecule has 0 aliphatic carbocycles. The Balaban J connectivity index is 1.20. The molecule has 6 rings (SSSR count). The van der Waals surface area contributed by atoms with Crippen molar-refractivity contribution < 1.29 is 19.2 Å². The van der Waals surface area contributed by atoms with Crippen LogP contribution in [0.15, 0.2) is 150 Å². The molecule has 0 saturated carbocycles. The van der Waals surface area contributed by atoms with Crippen LogP contribution in [-0.4, -0.2) is 28.5 Å². The number of anilines is 2. The van der Waals surface area contributed by atoms with Crippen LogP contribution in [0.1, 0.15) is 44.0 Å². The second kappa shape index (κ2) is 15.1. The largest absolute Gasteiger partial charge is 0.361 e. The predicted octanol–water partition coefficient (Wildman–Crippen LogP) is 8.25. The first-order valence-corrected chi connectivity index (χ1v) is 16.4. The number of ketones is 1. The van der Waals surface area contributed by atoms with Gasteiger partial charge in [0.15, 0.2) is 5.78 Å². The van der Waals surface area contributed by atoms with Crippen LogP contribution in [-0.2, 0) is 9.59 Å². The van der Waals surface area contributed by atoms with Crippen molar-refractivity contribution in [3.05, 3.63) is 168 Å². The molecule has 0 radical (unpaired) electrons. The normalized spacial score (nSPS) is 11.8. The fourth-order valence-corrected chi connectivity index (χ4v) is 6.18. The zero-order chi connectivity index (χ0) is 34.2. The summed E-state index contributed by atoms with van der Waals surface area (Å²) in [6.07, 6.45) is 3.44. The average Bonchev–Trinajstić information content (AvgIpc) is 3.54. The summed E-state index contributed by atoms with van der Waals surface area (Å²) in [4.78, 5) is 55.9. The lowest BCUT2D eigenvalue weighted by Gasteiger charge is -2.18. The number of H-pyrrole nitrogens is 1. The monoisotopic (exact) mass is 664 g/mol. The van der Waals surface area contributed by atoms with Crippen LogP contribution in [0.3, 0.4) is 0 Å². The van der Waals surface area contributed by atoms with E-state index in [2.05, 4.69) is 20.9 Å². The topological polar surface area (TPSA) is 120 Å². The maximum atomic E-state index is 13.6. The van der Waals surface area contributed by atoms with Crippen LogP contribution < -0.4 is 16.0 Å². The van der Waals surface area contributed by atoms with Crippen molar-refractivity contribution >= 4 is 63.6 Å². The number of thioether (sulfide) groups is 1. The molecular formula is C40H32N4O4S. The number of aromatic nitrogens is 1. The molecule has 9 heteroatoms. The van der Waals surface area contributed by atoms with Gasteiger partial charge < -0.3 is 20.9 Å². The van der Waals surface area contributed by atoms with E-state index in [1.807, 2.05) is 72.8 Å². The molecule has 0 unspecified atom stereocenters. The molecule has 3 amide bonds. The van der Waals surface area contributed by atoms with E-state index in [0.29, 0.717) is 22.5 Å². The van der Waals surface area contributed by atoms with Gasteiger partial charge in [-0.25, -0.2) is 0 Å². The number of benzene rings is 5. The van der Waals surface area contributed by atoms with Crippen molar-refractivity contribution in [3.8, 4) is 0 Å². The molecule has 6 aromatic rings. The first-order valence-electron chi connectivity index (χ1n) is 15.5. The number of aromatic amines is 1. The van der Waals surface area contributed by atoms with Gasteiger partial charge in [0.25, 0.3) is 11.8 Å². The van der Waals surface area contributed by atoms with Crippen LogP contribution in [0.4, 0.5) is 11.4 Å². The minimum absolute atomic E-state index is 0.0475. The van der Waals surface area contributed by atoms with E-state index in [1.165, 1.54) is 18.7 Å². The summed E-state index contributed by atoms with van der Waals surface area (Å²) in [5, 5.41) is 8.98. The summed E-state index contributed by atoms with van der Waals surface area (Å²) in [5.41, 5.74) is 4.65. The third-order valence-electron chi connectivity index (χ3n) is 7.72. The predicted molar refractivity (Wildman–Crippen MR) is 195 cm³/mol. The summed E-state index contributed by atoms with van der Waals surface area (Å²) in [7, 11) is 0. The number of carbonyl (C=O) groups is 4. The van der Waals surface area contributed by atoms with Gasteiger partial charge in [-0.1, -0.05) is 66.7 Å². The number of para-hydroxylation sites is 1. The number of fused-ring (bicyclic) bond motifs is 1. The van der Waals surface area contributed by atoms with E-state index < -0.39 is 17.1 Å². The smallest absolute Gasteiger partial charge is 0.272 e. The zero-order valence-electron chi connectivity index (χ0n) is 26.5. The molecule has 49 heavy (non-hydrogen) atoms. The average molecular weight is 665 g/mol. The Morgan fingerprint density at radius 3 is 1.98 bits per heavy atom. The van der Waals surface area contributed by atoms with Crippen LogP contribution in [0.2, 0.25) is 0 Å². The van der Waals surface area contributed by atoms with Crippen molar-refractivity contribution in [1.29, 1.82) is 0 Å². The highest BCUT2D eigenvalue weighted by molar-refractivity contribution is 8.00. The SMILES string of the molecule is CC(=O)c1ccc(NC(=O)[C@@H](Sc2ccc(NC(=O)/C(=C/c3c[nH]c4ccccc34)NC(=O)c3ccccc3)cc2)c2ccccc2)cc1. The summed E-state index contributed by atoms with van der Waals surface area (Å²) in [5.74, 6) is -1.17. The Bertz CT molecular complexity index is 2140. The minimum Gasteiger partial charge on any atom is -0.361 e. The standard InChI is InChI=1S/C40H32N4O4S/c1-26(45)27-16-18-31(19-17-27)43-40(48)37(28-10-4-2-5-11-28)49-33-22-20-32(21-23-33)42-39(47)36(44-38(46)29-12-6-3-7-13-29)24-30-25-41-35-15-9-8-14-34(30)35/h2-25,37,41H,1H3,(H,42,47)(H,43,48)(H,44,46)/b36-24-/t37-/m0/s1. The number of nitrogens with one attached hydrogen (secondary N) is 4. The third-order valence-corrected chi connectivity index (χ3v) is 8.98. The van der Waals surface area contributed by atoms with Crippen molar-refractivity contribution in [1.82, 2.24) is 10.3 Å². The number of hydrogen-bond acceptors (Lipinski definition) is 5. The van der Waals surface area contributed by atoms with Gasteiger partial charge in [-0.05, 0) is 85.3 Å². The summed E-state index contributed by atoms with van der Waals surface area (Å²) in [6.45, 7) is 1.50. The molecule has 1 aromatic heterocycles. The molecule has 4 N–H and O–H groups in total. The lowest BCUT2D eigenvalue weighted by molar-refractivity contribution is -0.116. The minimum atomic E-state index is -0.576. The van der Waals surface area contributed by atoms with Gasteiger partial charge in [-0.3, -0.25) is 19.2 Å². The molecule has 1 heterocycles. The van der Waals surface area contributed by atoms with Gasteiger partial charge in [0, 0.05) is 50.1 Å². The third kappa shape index (κ3) is 8.22. The zero-order valence-corrected chi connectivity index (χ0v) is 27.3. The van der Waals surface area contributed by atoms with Gasteiger partial charge in [0.05, 0.1) is 0 Å². The van der Waals surface area contributed by atoms with Gasteiger partial charge in [-0.2, -0.15) is 0 Å². The molecule has 0 fully saturated rings. The van der Waals surface area contributed by atoms with Crippen LogP contribution in [0.5, 0.6) is 0 Å². The molecule has 0 saturated heterocycles. The van der Waals surface area contributed by atoms with Gasteiger partial charge in [0.2, 0.25) is 5.91 Å². The Hall–Kier alpha value is -6.19. The van der Waals surface area contributed by atoms with E-state index in [4.69, 9.17) is 0 Å². The molecular weight excluding hydrogens is 633 g/mol. The number of hydrogen-bond donors (Lipinski definition) is 4. The highest BCUT2D eigenvalue weighted by Gasteiger charge is 2.23. The summed E-state index contributed by atoms with van der Waals surface area (Å²) >= 11 is 1.37. The number of Topliss-reactive ketones (excluding diaryl/α,β-unsaturated/α-hetero) is 1. The number of amides is 3. The molecule has 0 aliphatic heterocycles. The van der Waals surface area contributed by atoms with Crippen LogP contribution >= 0.6 is 11.8 Å². The molecule has 0 aliphatic rings. The van der Waals surface area contributed by atoms with Crippen molar-refractivity contribution in [2.75, 3.05) is 10.6 Å². The van der Waals surface area contributed by atoms with Gasteiger partial charge >= 0.3 is 0 Å². The van der Waals surface area contributed by atoms with E-state index in [0.717, 1.165) is 26.9 Å². The van der Waals surface area contributed by atoms with Crippen molar-refractivity contribution in [2.45, 2.75) is 17.1 Å². The lowest BCUT2D eigenvalue weighted by atomic mass is 10.1. The van der Waals surface area contributed by atoms with Gasteiger partial charge in [0.1, 0.15) is 10.9 Å². The Morgan fingerprint density at radius 1 is 0.673 bits per heavy atom. The molecule has 1 atom stereocenters. The Kier molecular flexibility index (Phi) is 10.1. The molecule has 0 spiro atoms. The molecule has 8 nitrogen and oxygen atoms in total. The van der Waals surface area contributed by atoms with E-state index in [9.17, 15) is 19.2 Å². The first-order chi connectivity index (χ1) is 23.8. The van der Waals surface area contributed by atoms with Crippen LogP contribution in [0, 0.1) is 0 Å². The fraction of sp³-hybridized carbons (Fsp3) is 0.0500. The second-order valence-corrected chi connectivity index (χ2v) is 12.4. The van der Waals surface area contributed by atoms with Gasteiger partial charge in [-0.15, -0.1) is 11.8 Å². The van der Waals surface area contributed by atoms with E-state index >= 15 is 0 Å². The van der Waals surface area contributed by atoms with Crippen molar-refractivity contribution in [2.24, 2.45) is 0 Å². The maximum absolute atomic E-state index is 13.6. The van der Waals surface area contributed by atoms with E-state index in [-0.39, 0.29) is 17.4 Å². The first kappa shape index (κ1) is 32.7. The number of rotatable bonds is 11. The van der Waals surface area contributed by atoms with Crippen LogP contribution in [0.25, 0.3) is 17.0 Å². The fourth-order valence-electron chi connectivity index (χ4n) is 5.16. The second-order valence-electron chi connectivity index (χ2n) is 11.2. The quantitative estimate of drug-likeness (QED) is 0.0632. The summed E-state index contributed by atoms with van der Waals surface area (Å²) in [6, 6.07) is 39.8. The summed E-state index contributed by atoms with van der Waals surface area (Å²) < 4.78 is 0.